The first-order valence-electron chi connectivity index (χ1n) is 8.90. The summed E-state index contributed by atoms with van der Waals surface area (Å²) >= 11 is 0. The summed E-state index contributed by atoms with van der Waals surface area (Å²) in [5.74, 6) is 1.81. The van der Waals surface area contributed by atoms with Crippen LogP contribution in [0.5, 0.6) is 11.5 Å². The number of amides is 1. The lowest BCUT2D eigenvalue weighted by Gasteiger charge is -2.37. The molecule has 2 aliphatic rings. The summed E-state index contributed by atoms with van der Waals surface area (Å²) in [5, 5.41) is 0. The minimum Gasteiger partial charge on any atom is -0.493 e. The summed E-state index contributed by atoms with van der Waals surface area (Å²) in [7, 11) is 3.33. The van der Waals surface area contributed by atoms with Gasteiger partial charge in [-0.15, -0.1) is 0 Å². The smallest absolute Gasteiger partial charge is 0.239 e. The monoisotopic (exact) mass is 332 g/mol. The van der Waals surface area contributed by atoms with Crippen LogP contribution < -0.4 is 9.47 Å². The van der Waals surface area contributed by atoms with Crippen molar-refractivity contribution in [1.82, 2.24) is 9.80 Å². The third-order valence-corrected chi connectivity index (χ3v) is 5.32. The molecule has 1 fully saturated rings. The van der Waals surface area contributed by atoms with Gasteiger partial charge in [-0.05, 0) is 55.9 Å². The second-order valence-electron chi connectivity index (χ2n) is 6.76. The first-order valence-corrected chi connectivity index (χ1v) is 8.90. The predicted molar refractivity (Wildman–Crippen MR) is 93.6 cm³/mol. The van der Waals surface area contributed by atoms with Gasteiger partial charge in [0.25, 0.3) is 0 Å². The molecule has 0 radical (unpaired) electrons. The quantitative estimate of drug-likeness (QED) is 0.849. The Balaban J connectivity index is 1.72. The zero-order chi connectivity index (χ0) is 17.1. The standard InChI is InChI=1S/C19H28N2O3/c1-14(19(22)20-8-5-4-6-9-20)21-10-7-15-11-17(23-2)18(24-3)12-16(15)13-21/h11-12,14H,4-10,13H2,1-3H3/t14-/m0/s1. The molecule has 132 valence electrons. The van der Waals surface area contributed by atoms with Gasteiger partial charge in [0.2, 0.25) is 5.91 Å². The van der Waals surface area contributed by atoms with E-state index >= 15 is 0 Å². The number of likely N-dealkylation sites (tertiary alicyclic amines) is 1. The SMILES string of the molecule is COc1cc2c(cc1OC)CN([C@@H](C)C(=O)N1CCCCC1)CC2. The fourth-order valence-electron chi connectivity index (χ4n) is 3.77. The molecule has 0 N–H and O–H groups in total. The van der Waals surface area contributed by atoms with Gasteiger partial charge in [-0.25, -0.2) is 0 Å². The van der Waals surface area contributed by atoms with Crippen molar-refractivity contribution in [3.8, 4) is 11.5 Å². The third-order valence-electron chi connectivity index (χ3n) is 5.32. The molecule has 0 spiro atoms. The number of nitrogens with zero attached hydrogens (tertiary/aromatic N) is 2. The molecule has 1 atom stereocenters. The molecule has 0 aliphatic carbocycles. The molecule has 0 saturated carbocycles. The Morgan fingerprint density at radius 3 is 2.25 bits per heavy atom. The molecule has 5 nitrogen and oxygen atoms in total. The van der Waals surface area contributed by atoms with Crippen LogP contribution in [-0.2, 0) is 17.8 Å². The maximum absolute atomic E-state index is 12.8. The van der Waals surface area contributed by atoms with Gasteiger partial charge in [-0.3, -0.25) is 9.69 Å². The van der Waals surface area contributed by atoms with Crippen molar-refractivity contribution >= 4 is 5.91 Å². The highest BCUT2D eigenvalue weighted by atomic mass is 16.5. The Labute approximate surface area is 144 Å². The van der Waals surface area contributed by atoms with E-state index in [1.165, 1.54) is 17.5 Å². The van der Waals surface area contributed by atoms with Crippen molar-refractivity contribution in [1.29, 1.82) is 0 Å². The molecule has 0 unspecified atom stereocenters. The zero-order valence-corrected chi connectivity index (χ0v) is 15.0. The summed E-state index contributed by atoms with van der Waals surface area (Å²) in [6, 6.07) is 4.06. The molecule has 1 saturated heterocycles. The van der Waals surface area contributed by atoms with Crippen molar-refractivity contribution < 1.29 is 14.3 Å². The van der Waals surface area contributed by atoms with E-state index in [-0.39, 0.29) is 11.9 Å². The van der Waals surface area contributed by atoms with Crippen LogP contribution in [0.25, 0.3) is 0 Å². The third kappa shape index (κ3) is 3.36. The van der Waals surface area contributed by atoms with E-state index in [0.717, 1.165) is 56.9 Å². The van der Waals surface area contributed by atoms with E-state index < -0.39 is 0 Å². The lowest BCUT2D eigenvalue weighted by Crippen LogP contribution is -2.49. The Bertz CT molecular complexity index is 597. The van der Waals surface area contributed by atoms with Crippen molar-refractivity contribution in [2.45, 2.75) is 45.2 Å². The molecular formula is C19H28N2O3. The van der Waals surface area contributed by atoms with Gasteiger partial charge in [0, 0.05) is 26.2 Å². The number of piperidine rings is 1. The molecule has 2 aliphatic heterocycles. The lowest BCUT2D eigenvalue weighted by atomic mass is 9.97. The van der Waals surface area contributed by atoms with Crippen LogP contribution in [0.4, 0.5) is 0 Å². The molecule has 24 heavy (non-hydrogen) atoms. The number of carbonyl (C=O) groups is 1. The fourth-order valence-corrected chi connectivity index (χ4v) is 3.77. The van der Waals surface area contributed by atoms with Crippen molar-refractivity contribution in [2.24, 2.45) is 0 Å². The maximum Gasteiger partial charge on any atom is 0.239 e. The minimum absolute atomic E-state index is 0.0654. The molecule has 1 amide bonds. The van der Waals surface area contributed by atoms with E-state index in [9.17, 15) is 4.79 Å². The summed E-state index contributed by atoms with van der Waals surface area (Å²) in [6.45, 7) is 5.57. The summed E-state index contributed by atoms with van der Waals surface area (Å²) in [4.78, 5) is 17.1. The van der Waals surface area contributed by atoms with Gasteiger partial charge in [0.1, 0.15) is 0 Å². The maximum atomic E-state index is 12.8. The first-order chi connectivity index (χ1) is 11.6. The molecular weight excluding hydrogens is 304 g/mol. The Morgan fingerprint density at radius 2 is 1.62 bits per heavy atom. The Kier molecular flexibility index (Phi) is 5.29. The second-order valence-corrected chi connectivity index (χ2v) is 6.76. The number of hydrogen-bond acceptors (Lipinski definition) is 4. The number of fused-ring (bicyclic) bond motifs is 1. The largest absolute Gasteiger partial charge is 0.493 e. The van der Waals surface area contributed by atoms with Gasteiger partial charge >= 0.3 is 0 Å². The predicted octanol–water partition coefficient (Wildman–Crippen LogP) is 2.46. The van der Waals surface area contributed by atoms with Crippen LogP contribution in [-0.4, -0.2) is 55.6 Å². The number of benzene rings is 1. The zero-order valence-electron chi connectivity index (χ0n) is 15.0. The Morgan fingerprint density at radius 1 is 1.00 bits per heavy atom. The van der Waals surface area contributed by atoms with Crippen molar-refractivity contribution in [2.75, 3.05) is 33.9 Å². The molecule has 0 bridgehead atoms. The van der Waals surface area contributed by atoms with Crippen LogP contribution in [0, 0.1) is 0 Å². The van der Waals surface area contributed by atoms with Crippen LogP contribution in [0.1, 0.15) is 37.3 Å². The molecule has 1 aromatic rings. The topological polar surface area (TPSA) is 42.0 Å². The fraction of sp³-hybridized carbons (Fsp3) is 0.632. The number of methoxy groups -OCH3 is 2. The lowest BCUT2D eigenvalue weighted by molar-refractivity contribution is -0.137. The van der Waals surface area contributed by atoms with E-state index in [4.69, 9.17) is 9.47 Å². The average molecular weight is 332 g/mol. The number of hydrogen-bond donors (Lipinski definition) is 0. The molecule has 0 aromatic heterocycles. The molecule has 1 aromatic carbocycles. The second kappa shape index (κ2) is 7.43. The summed E-state index contributed by atoms with van der Waals surface area (Å²) in [6.07, 6.45) is 4.46. The Hall–Kier alpha value is -1.75. The van der Waals surface area contributed by atoms with E-state index in [1.807, 2.05) is 11.8 Å². The highest BCUT2D eigenvalue weighted by molar-refractivity contribution is 5.81. The van der Waals surface area contributed by atoms with Crippen molar-refractivity contribution in [3.05, 3.63) is 23.3 Å². The van der Waals surface area contributed by atoms with Gasteiger partial charge in [-0.2, -0.15) is 0 Å². The molecule has 2 heterocycles. The van der Waals surface area contributed by atoms with E-state index in [2.05, 4.69) is 17.0 Å². The number of carbonyl (C=O) groups excluding carboxylic acids is 1. The summed E-state index contributed by atoms with van der Waals surface area (Å²) in [5.41, 5.74) is 2.53. The average Bonchev–Trinajstić information content (AvgIpc) is 2.65. The van der Waals surface area contributed by atoms with Gasteiger partial charge in [0.15, 0.2) is 11.5 Å². The highest BCUT2D eigenvalue weighted by Crippen LogP contribution is 2.33. The van der Waals surface area contributed by atoms with Crippen molar-refractivity contribution in [3.63, 3.8) is 0 Å². The van der Waals surface area contributed by atoms with E-state index in [1.54, 1.807) is 14.2 Å². The minimum atomic E-state index is -0.0654. The number of ether oxygens (including phenoxy) is 2. The van der Waals surface area contributed by atoms with E-state index in [0.29, 0.717) is 0 Å². The molecule has 5 heteroatoms. The molecule has 3 rings (SSSR count). The normalized spacial score (nSPS) is 19.5. The van der Waals surface area contributed by atoms with Crippen LogP contribution >= 0.6 is 0 Å². The van der Waals surface area contributed by atoms with Gasteiger partial charge < -0.3 is 14.4 Å². The van der Waals surface area contributed by atoms with Crippen LogP contribution in [0.3, 0.4) is 0 Å². The highest BCUT2D eigenvalue weighted by Gasteiger charge is 2.29. The first kappa shape index (κ1) is 17.1. The van der Waals surface area contributed by atoms with Crippen LogP contribution in [0.2, 0.25) is 0 Å². The van der Waals surface area contributed by atoms with Gasteiger partial charge in [0.05, 0.1) is 20.3 Å². The summed E-state index contributed by atoms with van der Waals surface area (Å²) < 4.78 is 10.8. The van der Waals surface area contributed by atoms with Gasteiger partial charge in [-0.1, -0.05) is 0 Å². The number of rotatable bonds is 4. The van der Waals surface area contributed by atoms with Crippen LogP contribution in [0.15, 0.2) is 12.1 Å².